The topological polar surface area (TPSA) is 111 Å². The van der Waals surface area contributed by atoms with E-state index in [-0.39, 0.29) is 18.1 Å². The first-order chi connectivity index (χ1) is 16.2. The predicted molar refractivity (Wildman–Crippen MR) is 130 cm³/mol. The molecule has 1 atom stereocenters. The van der Waals surface area contributed by atoms with Gasteiger partial charge in [0, 0.05) is 5.38 Å². The van der Waals surface area contributed by atoms with Gasteiger partial charge in [-0.15, -0.1) is 22.7 Å². The van der Waals surface area contributed by atoms with Crippen molar-refractivity contribution >= 4 is 38.9 Å². The van der Waals surface area contributed by atoms with Gasteiger partial charge in [0.05, 0.1) is 23.0 Å². The summed E-state index contributed by atoms with van der Waals surface area (Å²) >= 11 is 3.07. The number of hydrogen-bond donors (Lipinski definition) is 2. The number of benzene rings is 2. The second-order valence-electron chi connectivity index (χ2n) is 7.41. The highest BCUT2D eigenvalue weighted by Crippen LogP contribution is 2.31. The highest BCUT2D eigenvalue weighted by molar-refractivity contribution is 7.84. The van der Waals surface area contributed by atoms with Crippen molar-refractivity contribution in [2.75, 3.05) is 0 Å². The van der Waals surface area contributed by atoms with E-state index in [1.165, 1.54) is 35.6 Å². The number of nitrogens with two attached hydrogens (primary N) is 1. The number of nitrogens with zero attached hydrogens (tertiary/aromatic N) is 1. The van der Waals surface area contributed by atoms with E-state index in [4.69, 9.17) is 10.1 Å². The van der Waals surface area contributed by atoms with Gasteiger partial charge in [0.1, 0.15) is 16.6 Å². The van der Waals surface area contributed by atoms with Gasteiger partial charge in [0.15, 0.2) is 0 Å². The lowest BCUT2D eigenvalue weighted by atomic mass is 10.0. The first-order valence-electron chi connectivity index (χ1n) is 10.1. The minimum Gasteiger partial charge on any atom is -0.371 e. The fourth-order valence-electron chi connectivity index (χ4n) is 3.32. The summed E-state index contributed by atoms with van der Waals surface area (Å²) in [7, 11) is -4.11. The number of halogens is 1. The van der Waals surface area contributed by atoms with Crippen molar-refractivity contribution in [3.63, 3.8) is 0 Å². The van der Waals surface area contributed by atoms with E-state index >= 15 is 0 Å². The summed E-state index contributed by atoms with van der Waals surface area (Å²) in [6.45, 7) is 0. The molecule has 0 fully saturated rings. The van der Waals surface area contributed by atoms with Crippen LogP contribution < -0.4 is 14.6 Å². The number of aromatic nitrogens is 1. The van der Waals surface area contributed by atoms with Gasteiger partial charge in [0.2, 0.25) is 5.91 Å². The number of nitrogens with one attached hydrogen (secondary N) is 1. The lowest BCUT2D eigenvalue weighted by molar-refractivity contribution is -0.121. The van der Waals surface area contributed by atoms with Crippen molar-refractivity contribution in [2.24, 2.45) is 5.14 Å². The SMILES string of the molecule is NS(=O)(=O)Oc1ccc(CC(NC(=O)Cc2cccc(F)c2)c2csc(-c3cccs3)n2)cc1. The molecule has 3 N–H and O–H groups in total. The Bertz CT molecular complexity index is 1370. The molecule has 0 bridgehead atoms. The van der Waals surface area contributed by atoms with Crippen LogP contribution in [0, 0.1) is 5.82 Å². The molecule has 2 heterocycles. The molecule has 2 aromatic heterocycles. The summed E-state index contributed by atoms with van der Waals surface area (Å²) in [5.41, 5.74) is 2.09. The van der Waals surface area contributed by atoms with Crippen LogP contribution >= 0.6 is 22.7 Å². The molecule has 11 heteroatoms. The molecule has 34 heavy (non-hydrogen) atoms. The zero-order valence-electron chi connectivity index (χ0n) is 17.7. The molecule has 1 amide bonds. The van der Waals surface area contributed by atoms with E-state index in [0.717, 1.165) is 15.4 Å². The van der Waals surface area contributed by atoms with E-state index in [1.807, 2.05) is 22.9 Å². The van der Waals surface area contributed by atoms with Crippen molar-refractivity contribution < 1.29 is 21.8 Å². The second-order valence-corrected chi connectivity index (χ2v) is 10.4. The van der Waals surface area contributed by atoms with Crippen LogP contribution in [0.4, 0.5) is 4.39 Å². The Balaban J connectivity index is 1.54. The predicted octanol–water partition coefficient (Wildman–Crippen LogP) is 4.24. The first kappa shape index (κ1) is 24.0. The smallest absolute Gasteiger partial charge is 0.371 e. The molecule has 176 valence electrons. The molecule has 7 nitrogen and oxygen atoms in total. The van der Waals surface area contributed by atoms with Crippen LogP contribution in [0.2, 0.25) is 0 Å². The monoisotopic (exact) mass is 517 g/mol. The molecule has 0 spiro atoms. The van der Waals surface area contributed by atoms with Crippen LogP contribution in [0.3, 0.4) is 0 Å². The standard InChI is InChI=1S/C23H20FN3O4S3/c24-17-4-1-3-16(11-17)13-22(28)26-19(20-14-33-23(27-20)21-5-2-10-32-21)12-15-6-8-18(9-7-15)31-34(25,29)30/h1-11,14,19H,12-13H2,(H,26,28)(H2,25,29,30). The van der Waals surface area contributed by atoms with Gasteiger partial charge in [0.25, 0.3) is 0 Å². The molecule has 1 unspecified atom stereocenters. The number of amides is 1. The summed E-state index contributed by atoms with van der Waals surface area (Å²) in [5.74, 6) is -0.578. The van der Waals surface area contributed by atoms with Crippen LogP contribution in [-0.2, 0) is 27.9 Å². The Morgan fingerprint density at radius 1 is 1.09 bits per heavy atom. The van der Waals surface area contributed by atoms with Gasteiger partial charge < -0.3 is 9.50 Å². The quantitative estimate of drug-likeness (QED) is 0.345. The van der Waals surface area contributed by atoms with E-state index in [0.29, 0.717) is 17.7 Å². The molecular formula is C23H20FN3O4S3. The summed E-state index contributed by atoms with van der Waals surface area (Å²) in [4.78, 5) is 18.5. The van der Waals surface area contributed by atoms with Crippen molar-refractivity contribution in [1.82, 2.24) is 10.3 Å². The summed E-state index contributed by atoms with van der Waals surface area (Å²) in [5, 5.41) is 12.6. The van der Waals surface area contributed by atoms with Crippen LogP contribution in [0.5, 0.6) is 5.75 Å². The minimum absolute atomic E-state index is 0.0251. The number of thiazole rings is 1. The third kappa shape index (κ3) is 6.70. The van der Waals surface area contributed by atoms with E-state index in [2.05, 4.69) is 9.50 Å². The molecule has 2 aromatic carbocycles. The van der Waals surface area contributed by atoms with Gasteiger partial charge >= 0.3 is 10.3 Å². The Morgan fingerprint density at radius 3 is 2.56 bits per heavy atom. The highest BCUT2D eigenvalue weighted by atomic mass is 32.2. The van der Waals surface area contributed by atoms with Crippen molar-refractivity contribution in [3.8, 4) is 15.6 Å². The summed E-state index contributed by atoms with van der Waals surface area (Å²) in [6.07, 6.45) is 0.426. The van der Waals surface area contributed by atoms with Crippen LogP contribution in [0.25, 0.3) is 9.88 Å². The zero-order valence-corrected chi connectivity index (χ0v) is 20.1. The average molecular weight is 518 g/mol. The minimum atomic E-state index is -4.11. The lowest BCUT2D eigenvalue weighted by Gasteiger charge is -2.18. The van der Waals surface area contributed by atoms with Crippen LogP contribution in [0.1, 0.15) is 22.9 Å². The fourth-order valence-corrected chi connectivity index (χ4v) is 5.38. The van der Waals surface area contributed by atoms with Gasteiger partial charge in [-0.1, -0.05) is 30.3 Å². The zero-order chi connectivity index (χ0) is 24.1. The van der Waals surface area contributed by atoms with E-state index < -0.39 is 22.2 Å². The molecule has 0 aliphatic rings. The number of thiophene rings is 1. The van der Waals surface area contributed by atoms with Crippen LogP contribution in [0.15, 0.2) is 71.4 Å². The third-order valence-electron chi connectivity index (χ3n) is 4.78. The van der Waals surface area contributed by atoms with Gasteiger partial charge in [-0.05, 0) is 53.3 Å². The Labute approximate surface area is 204 Å². The molecule has 0 aliphatic carbocycles. The molecule has 0 saturated carbocycles. The summed E-state index contributed by atoms with van der Waals surface area (Å²) < 4.78 is 40.4. The van der Waals surface area contributed by atoms with E-state index in [1.54, 1.807) is 35.6 Å². The fraction of sp³-hybridized carbons (Fsp3) is 0.130. The van der Waals surface area contributed by atoms with Gasteiger partial charge in [-0.25, -0.2) is 9.37 Å². The number of carbonyl (C=O) groups is 1. The van der Waals surface area contributed by atoms with Gasteiger partial charge in [-0.3, -0.25) is 4.79 Å². The van der Waals surface area contributed by atoms with Crippen molar-refractivity contribution in [2.45, 2.75) is 18.9 Å². The Morgan fingerprint density at radius 2 is 1.88 bits per heavy atom. The first-order valence-corrected chi connectivity index (χ1v) is 13.3. The van der Waals surface area contributed by atoms with Crippen molar-refractivity contribution in [1.29, 1.82) is 0 Å². The average Bonchev–Trinajstić information content (AvgIpc) is 3.46. The Kier molecular flexibility index (Phi) is 7.37. The molecule has 4 aromatic rings. The highest BCUT2D eigenvalue weighted by Gasteiger charge is 2.20. The molecular weight excluding hydrogens is 497 g/mol. The second kappa shape index (κ2) is 10.4. The van der Waals surface area contributed by atoms with Crippen LogP contribution in [-0.4, -0.2) is 19.3 Å². The molecule has 0 aliphatic heterocycles. The number of carbonyl (C=O) groups excluding carboxylic acids is 1. The molecule has 0 saturated heterocycles. The van der Waals surface area contributed by atoms with Gasteiger partial charge in [-0.2, -0.15) is 13.6 Å². The Hall–Kier alpha value is -3.12. The molecule has 0 radical (unpaired) electrons. The lowest BCUT2D eigenvalue weighted by Crippen LogP contribution is -2.31. The molecule has 4 rings (SSSR count). The van der Waals surface area contributed by atoms with E-state index in [9.17, 15) is 17.6 Å². The summed E-state index contributed by atoms with van der Waals surface area (Å²) in [6, 6.07) is 15.8. The maximum absolute atomic E-state index is 13.5. The third-order valence-corrected chi connectivity index (χ3v) is 7.10. The normalized spacial score (nSPS) is 12.3. The number of hydrogen-bond acceptors (Lipinski definition) is 7. The number of rotatable bonds is 9. The maximum Gasteiger partial charge on any atom is 0.380 e. The maximum atomic E-state index is 13.5. The van der Waals surface area contributed by atoms with Crippen molar-refractivity contribution in [3.05, 3.63) is 94.1 Å². The largest absolute Gasteiger partial charge is 0.380 e.